The van der Waals surface area contributed by atoms with Crippen LogP contribution in [0.1, 0.15) is 16.7 Å². The fraction of sp³-hybridized carbons (Fsp3) is 0.280. The molecule has 0 bridgehead atoms. The summed E-state index contributed by atoms with van der Waals surface area (Å²) in [5.74, 6) is 0.883. The minimum atomic E-state index is -0.280. The highest BCUT2D eigenvalue weighted by Gasteiger charge is 2.36. The zero-order valence-electron chi connectivity index (χ0n) is 16.8. The molecule has 0 saturated heterocycles. The summed E-state index contributed by atoms with van der Waals surface area (Å²) in [6, 6.07) is 32.3. The maximum atomic E-state index is 5.82. The Kier molecular flexibility index (Phi) is 8.78. The van der Waals surface area contributed by atoms with Crippen LogP contribution in [0.15, 0.2) is 91.0 Å². The average Bonchev–Trinajstić information content (AvgIpc) is 2.80. The van der Waals surface area contributed by atoms with Crippen molar-refractivity contribution in [3.63, 3.8) is 0 Å². The molecule has 0 atom stereocenters. The summed E-state index contributed by atoms with van der Waals surface area (Å²) in [7, 11) is 0. The van der Waals surface area contributed by atoms with Crippen LogP contribution in [0.25, 0.3) is 0 Å². The van der Waals surface area contributed by atoms with Gasteiger partial charge in [0.05, 0.1) is 37.7 Å². The van der Waals surface area contributed by atoms with E-state index in [4.69, 9.17) is 9.47 Å². The van der Waals surface area contributed by atoms with Crippen molar-refractivity contribution in [1.29, 1.82) is 0 Å². The first-order valence-electron chi connectivity index (χ1n) is 10.1. The minimum absolute atomic E-state index is 0.280. The van der Waals surface area contributed by atoms with Crippen LogP contribution in [-0.2, 0) is 14.2 Å². The first kappa shape index (κ1) is 21.6. The van der Waals surface area contributed by atoms with E-state index in [0.29, 0.717) is 26.4 Å². The summed E-state index contributed by atoms with van der Waals surface area (Å²) in [6.07, 6.45) is 0. The van der Waals surface area contributed by atoms with Crippen LogP contribution in [0.5, 0.6) is 0 Å². The topological polar surface area (TPSA) is 46.1 Å². The maximum Gasteiger partial charge on any atom is 0.0977 e. The molecule has 3 N–H and O–H groups in total. The average molecular weight is 409 g/mol. The molecule has 0 aliphatic rings. The number of rotatable bonds is 12. The van der Waals surface area contributed by atoms with Gasteiger partial charge in [0, 0.05) is 5.75 Å². The van der Waals surface area contributed by atoms with Gasteiger partial charge in [0.25, 0.3) is 0 Å². The molecule has 0 saturated carbocycles. The van der Waals surface area contributed by atoms with Gasteiger partial charge in [0.15, 0.2) is 0 Å². The second-order valence-electron chi connectivity index (χ2n) is 6.71. The first-order chi connectivity index (χ1) is 14.4. The van der Waals surface area contributed by atoms with Gasteiger partial charge in [-0.25, -0.2) is 0 Å². The Bertz CT molecular complexity index is 715. The van der Waals surface area contributed by atoms with Crippen molar-refractivity contribution >= 4 is 11.8 Å². The van der Waals surface area contributed by atoms with Crippen molar-refractivity contribution in [2.45, 2.75) is 4.75 Å². The first-order valence-corrected chi connectivity index (χ1v) is 11.1. The molecule has 4 heteroatoms. The van der Waals surface area contributed by atoms with E-state index in [9.17, 15) is 0 Å². The summed E-state index contributed by atoms with van der Waals surface area (Å²) >= 11 is 1.92. The zero-order chi connectivity index (χ0) is 20.2. The Morgan fingerprint density at radius 1 is 0.586 bits per heavy atom. The molecular formula is C25H30NO2S+. The van der Waals surface area contributed by atoms with E-state index in [2.05, 4.69) is 96.7 Å². The van der Waals surface area contributed by atoms with Crippen LogP contribution in [0.4, 0.5) is 0 Å². The van der Waals surface area contributed by atoms with Crippen LogP contribution < -0.4 is 5.73 Å². The van der Waals surface area contributed by atoms with Crippen molar-refractivity contribution in [2.24, 2.45) is 0 Å². The molecule has 3 rings (SSSR count). The van der Waals surface area contributed by atoms with Crippen LogP contribution in [0.3, 0.4) is 0 Å². The molecular weight excluding hydrogens is 378 g/mol. The number of hydrogen-bond donors (Lipinski definition) is 1. The molecule has 0 unspecified atom stereocenters. The number of thioether (sulfide) groups is 1. The van der Waals surface area contributed by atoms with Crippen molar-refractivity contribution < 1.29 is 15.2 Å². The molecule has 0 aromatic heterocycles. The predicted octanol–water partition coefficient (Wildman–Crippen LogP) is 3.99. The van der Waals surface area contributed by atoms with Gasteiger partial charge >= 0.3 is 0 Å². The lowest BCUT2D eigenvalue weighted by Crippen LogP contribution is -2.52. The number of benzene rings is 3. The summed E-state index contributed by atoms with van der Waals surface area (Å²) in [6.45, 7) is 3.42. The van der Waals surface area contributed by atoms with E-state index in [1.54, 1.807) is 0 Å². The molecule has 152 valence electrons. The van der Waals surface area contributed by atoms with Crippen LogP contribution in [0, 0.1) is 0 Å². The van der Waals surface area contributed by atoms with Gasteiger partial charge in [0.2, 0.25) is 0 Å². The fourth-order valence-corrected chi connectivity index (χ4v) is 4.86. The molecule has 3 aromatic carbocycles. The van der Waals surface area contributed by atoms with E-state index in [1.165, 1.54) is 16.7 Å². The predicted molar refractivity (Wildman–Crippen MR) is 121 cm³/mol. The number of quaternary nitrogens is 1. The van der Waals surface area contributed by atoms with Crippen molar-refractivity contribution in [3.05, 3.63) is 108 Å². The molecule has 0 radical (unpaired) electrons. The van der Waals surface area contributed by atoms with Crippen LogP contribution in [-0.4, -0.2) is 38.7 Å². The van der Waals surface area contributed by atoms with Gasteiger partial charge in [0.1, 0.15) is 0 Å². The van der Waals surface area contributed by atoms with Gasteiger partial charge in [-0.3, -0.25) is 0 Å². The van der Waals surface area contributed by atoms with E-state index < -0.39 is 0 Å². The SMILES string of the molecule is [NH3+]CCOCCOCCSC(c1ccccc1)(c1ccccc1)c1ccccc1. The Morgan fingerprint density at radius 2 is 1.00 bits per heavy atom. The van der Waals surface area contributed by atoms with Crippen molar-refractivity contribution in [2.75, 3.05) is 38.7 Å². The van der Waals surface area contributed by atoms with Gasteiger partial charge in [-0.1, -0.05) is 91.0 Å². The highest BCUT2D eigenvalue weighted by Crippen LogP contribution is 2.48. The largest absolute Gasteiger partial charge is 0.378 e. The highest BCUT2D eigenvalue weighted by atomic mass is 32.2. The molecule has 0 spiro atoms. The summed E-state index contributed by atoms with van der Waals surface area (Å²) in [5, 5.41) is 0. The Balaban J connectivity index is 1.83. The third-order valence-corrected chi connectivity index (χ3v) is 6.26. The smallest absolute Gasteiger partial charge is 0.0977 e. The lowest BCUT2D eigenvalue weighted by molar-refractivity contribution is -0.374. The summed E-state index contributed by atoms with van der Waals surface area (Å²) in [4.78, 5) is 0. The van der Waals surface area contributed by atoms with E-state index >= 15 is 0 Å². The second kappa shape index (κ2) is 11.8. The third-order valence-electron chi connectivity index (χ3n) is 4.75. The van der Waals surface area contributed by atoms with Gasteiger partial charge in [-0.15, -0.1) is 11.8 Å². The monoisotopic (exact) mass is 408 g/mol. The van der Waals surface area contributed by atoms with Crippen molar-refractivity contribution in [3.8, 4) is 0 Å². The summed E-state index contributed by atoms with van der Waals surface area (Å²) < 4.78 is 11.0. The second-order valence-corrected chi connectivity index (χ2v) is 8.02. The van der Waals surface area contributed by atoms with Gasteiger partial charge in [-0.2, -0.15) is 0 Å². The van der Waals surface area contributed by atoms with Crippen LogP contribution in [0.2, 0.25) is 0 Å². The lowest BCUT2D eigenvalue weighted by atomic mass is 9.84. The van der Waals surface area contributed by atoms with Gasteiger partial charge < -0.3 is 15.2 Å². The number of hydrogen-bond acceptors (Lipinski definition) is 3. The molecule has 0 heterocycles. The number of ether oxygens (including phenoxy) is 2. The normalized spacial score (nSPS) is 11.5. The maximum absolute atomic E-state index is 5.82. The summed E-state index contributed by atoms with van der Waals surface area (Å²) in [5.41, 5.74) is 7.61. The van der Waals surface area contributed by atoms with Crippen molar-refractivity contribution in [1.82, 2.24) is 0 Å². The molecule has 0 aliphatic carbocycles. The fourth-order valence-electron chi connectivity index (χ4n) is 3.45. The third kappa shape index (κ3) is 5.71. The van der Waals surface area contributed by atoms with E-state index in [0.717, 1.165) is 12.3 Å². The Labute approximate surface area is 178 Å². The molecule has 3 nitrogen and oxygen atoms in total. The molecule has 0 amide bonds. The van der Waals surface area contributed by atoms with E-state index in [1.807, 2.05) is 11.8 Å². The highest BCUT2D eigenvalue weighted by molar-refractivity contribution is 8.00. The Morgan fingerprint density at radius 3 is 1.41 bits per heavy atom. The lowest BCUT2D eigenvalue weighted by Gasteiger charge is -2.35. The molecule has 29 heavy (non-hydrogen) atoms. The van der Waals surface area contributed by atoms with Crippen LogP contribution >= 0.6 is 11.8 Å². The molecule has 0 aliphatic heterocycles. The van der Waals surface area contributed by atoms with Gasteiger partial charge in [-0.05, 0) is 16.7 Å². The van der Waals surface area contributed by atoms with E-state index in [-0.39, 0.29) is 4.75 Å². The molecule has 3 aromatic rings. The zero-order valence-corrected chi connectivity index (χ0v) is 17.7. The Hall–Kier alpha value is -2.11. The minimum Gasteiger partial charge on any atom is -0.378 e. The standard InChI is InChI=1S/C25H29NO2S/c26-16-17-27-18-19-28-20-21-29-25(22-10-4-1-5-11-22,23-12-6-2-7-13-23)24-14-8-3-9-15-24/h1-15H,16-21,26H2/p+1. The quantitative estimate of drug-likeness (QED) is 0.364. The molecule has 0 fully saturated rings.